The summed E-state index contributed by atoms with van der Waals surface area (Å²) in [6.45, 7) is 0.110. The summed E-state index contributed by atoms with van der Waals surface area (Å²) in [7, 11) is 2.87. The molecule has 202 valence electrons. The van der Waals surface area contributed by atoms with Crippen molar-refractivity contribution in [1.29, 1.82) is 0 Å². The van der Waals surface area contributed by atoms with Gasteiger partial charge in [0, 0.05) is 25.0 Å². The number of ketones is 1. The maximum Gasteiger partial charge on any atom is 0.295 e. The molecule has 40 heavy (non-hydrogen) atoms. The average molecular weight is 557 g/mol. The Bertz CT molecular complexity index is 1590. The third-order valence-electron chi connectivity index (χ3n) is 6.52. The lowest BCUT2D eigenvalue weighted by Gasteiger charge is -2.26. The van der Waals surface area contributed by atoms with E-state index in [1.54, 1.807) is 48.8 Å². The van der Waals surface area contributed by atoms with Gasteiger partial charge in [-0.05, 0) is 53.6 Å². The van der Waals surface area contributed by atoms with Crippen molar-refractivity contribution in [2.24, 2.45) is 0 Å². The van der Waals surface area contributed by atoms with Crippen molar-refractivity contribution in [2.45, 2.75) is 12.6 Å². The van der Waals surface area contributed by atoms with E-state index in [4.69, 9.17) is 25.8 Å². The van der Waals surface area contributed by atoms with Gasteiger partial charge in [0.05, 0.1) is 36.4 Å². The monoisotopic (exact) mass is 556 g/mol. The number of Topliss-reactive ketones (excluding diaryl/α,β-unsaturated/α-hetero) is 1. The normalized spacial score (nSPS) is 16.2. The number of carbonyl (C=O) groups is 2. The highest BCUT2D eigenvalue weighted by molar-refractivity contribution is 6.46. The van der Waals surface area contributed by atoms with Crippen molar-refractivity contribution in [3.8, 4) is 23.0 Å². The van der Waals surface area contributed by atoms with E-state index in [-0.39, 0.29) is 28.5 Å². The summed E-state index contributed by atoms with van der Waals surface area (Å²) in [5.41, 5.74) is 1.39. The van der Waals surface area contributed by atoms with E-state index in [2.05, 4.69) is 4.98 Å². The Labute approximate surface area is 236 Å². The number of rotatable bonds is 8. The SMILES string of the molecule is COc1cc(OC)c(/C(O)=C2\C(=O)C(=O)N(Cc3ccncc3)C2c2cccc(Oc3ccccc3)c2)cc1Cl. The third kappa shape index (κ3) is 5.21. The van der Waals surface area contributed by atoms with Crippen molar-refractivity contribution < 1.29 is 28.9 Å². The van der Waals surface area contributed by atoms with Crippen LogP contribution in [-0.2, 0) is 16.1 Å². The van der Waals surface area contributed by atoms with E-state index in [0.717, 1.165) is 5.56 Å². The molecule has 1 fully saturated rings. The highest BCUT2D eigenvalue weighted by atomic mass is 35.5. The van der Waals surface area contributed by atoms with Crippen LogP contribution in [0.15, 0.2) is 96.8 Å². The number of nitrogens with zero attached hydrogens (tertiary/aromatic N) is 2. The Balaban J connectivity index is 1.66. The molecule has 8 nitrogen and oxygen atoms in total. The minimum Gasteiger partial charge on any atom is -0.507 e. The fraction of sp³-hybridized carbons (Fsp3) is 0.129. The lowest BCUT2D eigenvalue weighted by molar-refractivity contribution is -0.140. The number of methoxy groups -OCH3 is 2. The zero-order valence-electron chi connectivity index (χ0n) is 21.7. The first-order chi connectivity index (χ1) is 19.4. The fourth-order valence-electron chi connectivity index (χ4n) is 4.64. The van der Waals surface area contributed by atoms with Gasteiger partial charge in [-0.2, -0.15) is 0 Å². The molecule has 1 aliphatic rings. The van der Waals surface area contributed by atoms with Crippen LogP contribution in [0.2, 0.25) is 5.02 Å². The summed E-state index contributed by atoms with van der Waals surface area (Å²) in [6, 6.07) is 21.8. The number of ether oxygens (including phenoxy) is 3. The minimum atomic E-state index is -0.932. The molecule has 1 saturated heterocycles. The van der Waals surface area contributed by atoms with E-state index in [0.29, 0.717) is 22.8 Å². The van der Waals surface area contributed by atoms with Gasteiger partial charge in [-0.1, -0.05) is 41.9 Å². The standard InChI is InChI=1S/C31H25ClN2O6/c1-38-25-17-26(39-2)24(32)16-23(25)29(35)27-28(34(31(37)30(27)36)18-19-11-13-33-14-12-19)20-7-6-10-22(15-20)40-21-8-4-3-5-9-21/h3-17,28,35H,18H2,1-2H3/b29-27+. The van der Waals surface area contributed by atoms with Crippen molar-refractivity contribution in [1.82, 2.24) is 9.88 Å². The van der Waals surface area contributed by atoms with Gasteiger partial charge in [0.25, 0.3) is 11.7 Å². The predicted octanol–water partition coefficient (Wildman–Crippen LogP) is 6.17. The molecule has 1 aromatic heterocycles. The van der Waals surface area contributed by atoms with E-state index in [1.165, 1.54) is 31.3 Å². The number of para-hydroxylation sites is 1. The number of halogens is 1. The van der Waals surface area contributed by atoms with E-state index >= 15 is 0 Å². The van der Waals surface area contributed by atoms with E-state index in [1.807, 2.05) is 30.3 Å². The fourth-order valence-corrected chi connectivity index (χ4v) is 4.88. The van der Waals surface area contributed by atoms with E-state index in [9.17, 15) is 14.7 Å². The summed E-state index contributed by atoms with van der Waals surface area (Å²) in [4.78, 5) is 32.4. The first-order valence-electron chi connectivity index (χ1n) is 12.3. The van der Waals surface area contributed by atoms with Crippen LogP contribution >= 0.6 is 11.6 Å². The molecule has 0 saturated carbocycles. The Hall–Kier alpha value is -4.82. The van der Waals surface area contributed by atoms with Gasteiger partial charge < -0.3 is 24.2 Å². The quantitative estimate of drug-likeness (QED) is 0.157. The summed E-state index contributed by atoms with van der Waals surface area (Å²) in [5.74, 6) is -0.325. The molecule has 1 N–H and O–H groups in total. The van der Waals surface area contributed by atoms with Crippen molar-refractivity contribution in [3.05, 3.63) is 119 Å². The number of amides is 1. The number of hydrogen-bond acceptors (Lipinski definition) is 7. The van der Waals surface area contributed by atoms with Crippen LogP contribution in [0.4, 0.5) is 0 Å². The first kappa shape index (κ1) is 26.8. The van der Waals surface area contributed by atoms with Gasteiger partial charge in [-0.25, -0.2) is 0 Å². The number of benzene rings is 3. The summed E-state index contributed by atoms with van der Waals surface area (Å²) < 4.78 is 16.7. The molecule has 5 rings (SSSR count). The van der Waals surface area contributed by atoms with Crippen LogP contribution in [0.5, 0.6) is 23.0 Å². The molecule has 0 spiro atoms. The number of aromatic nitrogens is 1. The lowest BCUT2D eigenvalue weighted by Crippen LogP contribution is -2.29. The minimum absolute atomic E-state index is 0.101. The Morgan fingerprint density at radius 2 is 1.60 bits per heavy atom. The van der Waals surface area contributed by atoms with Crippen molar-refractivity contribution in [3.63, 3.8) is 0 Å². The Kier molecular flexibility index (Phi) is 7.70. The molecule has 9 heteroatoms. The van der Waals surface area contributed by atoms with Gasteiger partial charge in [-0.15, -0.1) is 0 Å². The Morgan fingerprint density at radius 3 is 2.30 bits per heavy atom. The summed E-state index contributed by atoms with van der Waals surface area (Å²) in [5, 5.41) is 11.8. The second-order valence-corrected chi connectivity index (χ2v) is 9.36. The van der Waals surface area contributed by atoms with Crippen LogP contribution in [0, 0.1) is 0 Å². The van der Waals surface area contributed by atoms with Crippen molar-refractivity contribution >= 4 is 29.1 Å². The van der Waals surface area contributed by atoms with Gasteiger partial charge in [0.1, 0.15) is 28.8 Å². The van der Waals surface area contributed by atoms with E-state index < -0.39 is 23.5 Å². The summed E-state index contributed by atoms with van der Waals surface area (Å²) in [6.07, 6.45) is 3.22. The smallest absolute Gasteiger partial charge is 0.295 e. The van der Waals surface area contributed by atoms with Gasteiger partial charge in [0.15, 0.2) is 0 Å². The molecular weight excluding hydrogens is 532 g/mol. The molecule has 1 unspecified atom stereocenters. The number of pyridine rings is 1. The molecule has 3 aromatic carbocycles. The maximum absolute atomic E-state index is 13.5. The number of aliphatic hydroxyl groups excluding tert-OH is 1. The number of likely N-dealkylation sites (tertiary alicyclic amines) is 1. The molecule has 0 aliphatic carbocycles. The van der Waals surface area contributed by atoms with Crippen molar-refractivity contribution in [2.75, 3.05) is 14.2 Å². The number of hydrogen-bond donors (Lipinski definition) is 1. The van der Waals surface area contributed by atoms with Crippen LogP contribution < -0.4 is 14.2 Å². The van der Waals surface area contributed by atoms with Gasteiger partial charge in [-0.3, -0.25) is 14.6 Å². The maximum atomic E-state index is 13.5. The molecule has 4 aromatic rings. The number of aliphatic hydroxyl groups is 1. The average Bonchev–Trinajstić information content (AvgIpc) is 3.23. The third-order valence-corrected chi connectivity index (χ3v) is 6.82. The Morgan fingerprint density at radius 1 is 0.900 bits per heavy atom. The van der Waals surface area contributed by atoms with Crippen LogP contribution in [-0.4, -0.2) is 40.9 Å². The van der Waals surface area contributed by atoms with Crippen LogP contribution in [0.1, 0.15) is 22.7 Å². The highest BCUT2D eigenvalue weighted by Gasteiger charge is 2.46. The lowest BCUT2D eigenvalue weighted by atomic mass is 9.94. The summed E-state index contributed by atoms with van der Waals surface area (Å²) >= 11 is 6.36. The van der Waals surface area contributed by atoms with Crippen LogP contribution in [0.25, 0.3) is 5.76 Å². The second-order valence-electron chi connectivity index (χ2n) is 8.96. The molecule has 0 radical (unpaired) electrons. The molecule has 1 atom stereocenters. The number of carbonyl (C=O) groups excluding carboxylic acids is 2. The van der Waals surface area contributed by atoms with Gasteiger partial charge in [0.2, 0.25) is 0 Å². The zero-order chi connectivity index (χ0) is 28.2. The molecule has 1 amide bonds. The molecule has 1 aliphatic heterocycles. The second kappa shape index (κ2) is 11.5. The molecule has 0 bridgehead atoms. The molecule has 2 heterocycles. The topological polar surface area (TPSA) is 98.2 Å². The highest BCUT2D eigenvalue weighted by Crippen LogP contribution is 2.44. The largest absolute Gasteiger partial charge is 0.507 e. The first-order valence-corrected chi connectivity index (χ1v) is 12.7. The van der Waals surface area contributed by atoms with Crippen LogP contribution in [0.3, 0.4) is 0 Å². The zero-order valence-corrected chi connectivity index (χ0v) is 22.5. The van der Waals surface area contributed by atoms with Gasteiger partial charge >= 0.3 is 0 Å². The molecular formula is C31H25ClN2O6. The predicted molar refractivity (Wildman–Crippen MR) is 150 cm³/mol.